The molecule has 0 aliphatic heterocycles. The molecule has 0 aromatic carbocycles. The van der Waals surface area contributed by atoms with E-state index in [0.29, 0.717) is 25.7 Å². The minimum absolute atomic E-state index is 0.104. The van der Waals surface area contributed by atoms with Crippen molar-refractivity contribution in [3.63, 3.8) is 0 Å². The summed E-state index contributed by atoms with van der Waals surface area (Å²) in [5.74, 6) is 0.185. The molecule has 0 rings (SSSR count). The third kappa shape index (κ3) is 61.6. The number of esters is 4. The van der Waals surface area contributed by atoms with E-state index in [4.69, 9.17) is 37.0 Å². The van der Waals surface area contributed by atoms with E-state index in [1.54, 1.807) is 0 Å². The largest absolute Gasteiger partial charge is 0.472 e. The van der Waals surface area contributed by atoms with E-state index in [2.05, 4.69) is 48.5 Å². The number of phosphoric ester groups is 2. The number of hydrogen-bond donors (Lipinski definition) is 3. The molecule has 0 bridgehead atoms. The first-order chi connectivity index (χ1) is 42.3. The summed E-state index contributed by atoms with van der Waals surface area (Å²) < 4.78 is 68.2. The van der Waals surface area contributed by atoms with Crippen molar-refractivity contribution in [2.75, 3.05) is 39.6 Å². The molecule has 3 N–H and O–H groups in total. The smallest absolute Gasteiger partial charge is 0.462 e. The Labute approximate surface area is 537 Å². The van der Waals surface area contributed by atoms with E-state index in [0.717, 1.165) is 120 Å². The molecule has 0 saturated carbocycles. The van der Waals surface area contributed by atoms with Gasteiger partial charge in [-0.2, -0.15) is 0 Å². The van der Waals surface area contributed by atoms with Gasteiger partial charge >= 0.3 is 39.5 Å². The van der Waals surface area contributed by atoms with Gasteiger partial charge in [0.25, 0.3) is 0 Å². The first-order valence-corrected chi connectivity index (χ1v) is 38.9. The zero-order chi connectivity index (χ0) is 65.2. The van der Waals surface area contributed by atoms with Gasteiger partial charge in [0.2, 0.25) is 0 Å². The van der Waals surface area contributed by atoms with Gasteiger partial charge in [-0.05, 0) is 43.4 Å². The van der Waals surface area contributed by atoms with Crippen molar-refractivity contribution in [1.29, 1.82) is 0 Å². The lowest BCUT2D eigenvalue weighted by Gasteiger charge is -2.21. The highest BCUT2D eigenvalue weighted by Gasteiger charge is 2.30. The van der Waals surface area contributed by atoms with E-state index in [-0.39, 0.29) is 25.7 Å². The number of aliphatic hydroxyl groups is 1. The highest BCUT2D eigenvalue weighted by Crippen LogP contribution is 2.45. The Morgan fingerprint density at radius 2 is 0.580 bits per heavy atom. The third-order valence-corrected chi connectivity index (χ3v) is 18.1. The number of phosphoric acid groups is 2. The van der Waals surface area contributed by atoms with Crippen LogP contribution in [0.4, 0.5) is 0 Å². The molecular formula is C69H134O17P2. The summed E-state index contributed by atoms with van der Waals surface area (Å²) in [6.45, 7) is 11.8. The van der Waals surface area contributed by atoms with Crippen molar-refractivity contribution >= 4 is 39.5 Å². The van der Waals surface area contributed by atoms with Crippen molar-refractivity contribution in [1.82, 2.24) is 0 Å². The highest BCUT2D eigenvalue weighted by molar-refractivity contribution is 7.47. The number of carbonyl (C=O) groups is 4. The molecule has 0 aliphatic carbocycles. The first-order valence-electron chi connectivity index (χ1n) is 35.9. The van der Waals surface area contributed by atoms with Crippen molar-refractivity contribution < 1.29 is 80.2 Å². The summed E-state index contributed by atoms with van der Waals surface area (Å²) >= 11 is 0. The second kappa shape index (κ2) is 60.0. The summed E-state index contributed by atoms with van der Waals surface area (Å²) in [5, 5.41) is 10.6. The molecule has 0 saturated heterocycles. The standard InChI is InChI=1S/C69H134O17P2/c1-8-10-11-12-26-36-43-50-66(71)79-56-64(86-69(74)53-46-39-32-25-24-29-35-42-49-62(7)9-2)58-83-87(75,76)81-54-63(70)55-82-88(77,78)84-59-65(57-80-67(72)51-44-37-30-22-19-15-17-21-28-34-41-48-61(5)6)85-68(73)52-45-38-31-23-18-14-13-16-20-27-33-40-47-60(3)4/h60-65,70H,8-59H2,1-7H3,(H,75,76)(H,77,78)/t62?,63-,64+,65+/m0/s1. The predicted molar refractivity (Wildman–Crippen MR) is 354 cm³/mol. The van der Waals surface area contributed by atoms with Crippen LogP contribution in [0, 0.1) is 17.8 Å². The number of unbranched alkanes of at least 4 members (excludes halogenated alkanes) is 34. The van der Waals surface area contributed by atoms with Crippen LogP contribution in [-0.2, 0) is 65.4 Å². The fourth-order valence-electron chi connectivity index (χ4n) is 10.3. The monoisotopic (exact) mass is 1300 g/mol. The van der Waals surface area contributed by atoms with Gasteiger partial charge < -0.3 is 33.8 Å². The summed E-state index contributed by atoms with van der Waals surface area (Å²) in [6, 6.07) is 0. The molecule has 0 heterocycles. The van der Waals surface area contributed by atoms with E-state index in [1.165, 1.54) is 141 Å². The molecule has 88 heavy (non-hydrogen) atoms. The van der Waals surface area contributed by atoms with Crippen LogP contribution >= 0.6 is 15.6 Å². The average molecular weight is 1300 g/mol. The van der Waals surface area contributed by atoms with Crippen molar-refractivity contribution in [3.05, 3.63) is 0 Å². The summed E-state index contributed by atoms with van der Waals surface area (Å²) in [6.07, 6.45) is 43.1. The second-order valence-electron chi connectivity index (χ2n) is 26.1. The molecule has 0 radical (unpaired) electrons. The van der Waals surface area contributed by atoms with Gasteiger partial charge in [0, 0.05) is 25.7 Å². The van der Waals surface area contributed by atoms with Gasteiger partial charge in [-0.1, -0.05) is 292 Å². The summed E-state index contributed by atoms with van der Waals surface area (Å²) in [4.78, 5) is 72.4. The van der Waals surface area contributed by atoms with Crippen molar-refractivity contribution in [2.45, 2.75) is 362 Å². The van der Waals surface area contributed by atoms with E-state index >= 15 is 0 Å². The molecule has 0 spiro atoms. The van der Waals surface area contributed by atoms with Gasteiger partial charge in [-0.3, -0.25) is 37.3 Å². The Hall–Kier alpha value is -1.94. The zero-order valence-electron chi connectivity index (χ0n) is 57.2. The number of ether oxygens (including phenoxy) is 4. The van der Waals surface area contributed by atoms with Gasteiger partial charge in [0.1, 0.15) is 19.3 Å². The van der Waals surface area contributed by atoms with Crippen LogP contribution in [0.5, 0.6) is 0 Å². The minimum Gasteiger partial charge on any atom is -0.462 e. The number of aliphatic hydroxyl groups excluding tert-OH is 1. The summed E-state index contributed by atoms with van der Waals surface area (Å²) in [5.41, 5.74) is 0. The quantitative estimate of drug-likeness (QED) is 0.0222. The maximum absolute atomic E-state index is 13.0. The Bertz CT molecular complexity index is 1730. The number of rotatable bonds is 67. The van der Waals surface area contributed by atoms with Crippen molar-refractivity contribution in [2.24, 2.45) is 17.8 Å². The fourth-order valence-corrected chi connectivity index (χ4v) is 11.9. The van der Waals surface area contributed by atoms with Crippen LogP contribution in [0.1, 0.15) is 344 Å². The Balaban J connectivity index is 5.22. The van der Waals surface area contributed by atoms with Gasteiger partial charge in [0.15, 0.2) is 12.2 Å². The van der Waals surface area contributed by atoms with Crippen molar-refractivity contribution in [3.8, 4) is 0 Å². The minimum atomic E-state index is -4.95. The molecule has 3 unspecified atom stereocenters. The molecule has 6 atom stereocenters. The topological polar surface area (TPSA) is 237 Å². The Morgan fingerprint density at radius 1 is 0.330 bits per heavy atom. The maximum Gasteiger partial charge on any atom is 0.472 e. The Morgan fingerprint density at radius 3 is 0.864 bits per heavy atom. The van der Waals surface area contributed by atoms with Crippen LogP contribution in [0.3, 0.4) is 0 Å². The van der Waals surface area contributed by atoms with Crippen LogP contribution in [0.25, 0.3) is 0 Å². The number of hydrogen-bond acceptors (Lipinski definition) is 15. The molecule has 17 nitrogen and oxygen atoms in total. The van der Waals surface area contributed by atoms with Crippen LogP contribution < -0.4 is 0 Å². The van der Waals surface area contributed by atoms with E-state index in [9.17, 15) is 43.2 Å². The summed E-state index contributed by atoms with van der Waals surface area (Å²) in [7, 11) is -9.90. The van der Waals surface area contributed by atoms with Crippen LogP contribution in [0.2, 0.25) is 0 Å². The van der Waals surface area contributed by atoms with E-state index in [1.807, 2.05) is 0 Å². The third-order valence-electron chi connectivity index (χ3n) is 16.2. The lowest BCUT2D eigenvalue weighted by Crippen LogP contribution is -2.30. The normalized spacial score (nSPS) is 14.5. The molecule has 0 aliphatic rings. The SMILES string of the molecule is CCCCCCCCCC(=O)OC[C@H](COP(=O)(O)OC[C@H](O)COP(=O)(O)OC[C@@H](COC(=O)CCCCCCCCCCCCCC(C)C)OC(=O)CCCCCCCCCCCCCCC(C)C)OC(=O)CCCCCCCCCCC(C)CC. The number of carbonyl (C=O) groups excluding carboxylic acids is 4. The first kappa shape index (κ1) is 86.1. The van der Waals surface area contributed by atoms with Crippen LogP contribution in [-0.4, -0.2) is 96.7 Å². The lowest BCUT2D eigenvalue weighted by atomic mass is 9.99. The Kier molecular flexibility index (Phi) is 58.7. The molecule has 522 valence electrons. The average Bonchev–Trinajstić information content (AvgIpc) is 3.52. The van der Waals surface area contributed by atoms with Gasteiger partial charge in [-0.15, -0.1) is 0 Å². The van der Waals surface area contributed by atoms with E-state index < -0.39 is 97.5 Å². The predicted octanol–water partition coefficient (Wildman–Crippen LogP) is 19.5. The second-order valence-corrected chi connectivity index (χ2v) is 29.0. The molecule has 0 aromatic heterocycles. The lowest BCUT2D eigenvalue weighted by molar-refractivity contribution is -0.161. The van der Waals surface area contributed by atoms with Crippen LogP contribution in [0.15, 0.2) is 0 Å². The maximum atomic E-state index is 13.0. The van der Waals surface area contributed by atoms with Gasteiger partial charge in [0.05, 0.1) is 26.4 Å². The molecular weight excluding hydrogens is 1160 g/mol. The molecule has 19 heteroatoms. The molecule has 0 fully saturated rings. The zero-order valence-corrected chi connectivity index (χ0v) is 59.0. The fraction of sp³-hybridized carbons (Fsp3) is 0.942. The van der Waals surface area contributed by atoms with Gasteiger partial charge in [-0.25, -0.2) is 9.13 Å². The highest BCUT2D eigenvalue weighted by atomic mass is 31.2. The molecule has 0 amide bonds. The molecule has 0 aromatic rings.